The van der Waals surface area contributed by atoms with Crippen molar-refractivity contribution < 1.29 is 48.1 Å². The van der Waals surface area contributed by atoms with Gasteiger partial charge in [-0.1, -0.05) is 30.3 Å². The van der Waals surface area contributed by atoms with E-state index in [1.807, 2.05) is 0 Å². The average molecular weight is 787 g/mol. The Morgan fingerprint density at radius 3 is 1.91 bits per heavy atom. The summed E-state index contributed by atoms with van der Waals surface area (Å²) in [5, 5.41) is 18.2. The zero-order chi connectivity index (χ0) is 41.6. The lowest BCUT2D eigenvalue weighted by Crippen LogP contribution is -2.62. The minimum Gasteiger partial charge on any atom is -0.497 e. The molecule has 304 valence electrons. The number of aliphatic hydroxyl groups is 1. The summed E-state index contributed by atoms with van der Waals surface area (Å²) in [5.41, 5.74) is 1.92. The molecule has 16 nitrogen and oxygen atoms in total. The van der Waals surface area contributed by atoms with E-state index >= 15 is 0 Å². The fraction of sp³-hybridized carbons (Fsp3) is 0.415. The van der Waals surface area contributed by atoms with Crippen molar-refractivity contribution in [2.24, 2.45) is 0 Å². The summed E-state index contributed by atoms with van der Waals surface area (Å²) in [6.45, 7) is 2.05. The molecular weight excluding hydrogens is 736 g/mol. The summed E-state index contributed by atoms with van der Waals surface area (Å²) in [6.07, 6.45) is -0.000603. The second kappa shape index (κ2) is 18.2. The Labute approximate surface area is 331 Å². The Kier molecular flexibility index (Phi) is 13.4. The van der Waals surface area contributed by atoms with Crippen LogP contribution in [0.1, 0.15) is 30.5 Å². The number of hydrogen-bond acceptors (Lipinski definition) is 10. The number of amides is 6. The van der Waals surface area contributed by atoms with Gasteiger partial charge in [0.2, 0.25) is 35.4 Å². The highest BCUT2D eigenvalue weighted by Crippen LogP contribution is 2.34. The van der Waals surface area contributed by atoms with E-state index in [9.17, 15) is 33.9 Å². The van der Waals surface area contributed by atoms with Gasteiger partial charge in [-0.25, -0.2) is 0 Å². The van der Waals surface area contributed by atoms with Crippen LogP contribution in [0.5, 0.6) is 23.0 Å². The number of nitrogens with zero attached hydrogens (tertiary/aromatic N) is 3. The average Bonchev–Trinajstić information content (AvgIpc) is 3.21. The van der Waals surface area contributed by atoms with Crippen molar-refractivity contribution in [3.05, 3.63) is 83.4 Å². The molecular formula is C41H50N6O10. The predicted molar refractivity (Wildman–Crippen MR) is 208 cm³/mol. The predicted octanol–water partition coefficient (Wildman–Crippen LogP) is 0.819. The SMILES string of the molecule is COc1ccc(C[C@@H]2C(=O)N[C@@H](C)C(=O)N(C)[C@@H]3Cc4ccc(cc4)Oc4cc(ccc4OC)C[C@@H](C(=O)N[C@H](C)C(=O)N[C@@H](CO)C(=O)N2C)N(C)C3=O)cc1. The Morgan fingerprint density at radius 1 is 0.667 bits per heavy atom. The van der Waals surface area contributed by atoms with E-state index in [-0.39, 0.29) is 19.3 Å². The molecule has 0 aliphatic carbocycles. The van der Waals surface area contributed by atoms with Crippen LogP contribution in [0, 0.1) is 0 Å². The smallest absolute Gasteiger partial charge is 0.247 e. The lowest BCUT2D eigenvalue weighted by Gasteiger charge is -2.37. The quantitative estimate of drug-likeness (QED) is 0.288. The molecule has 3 aromatic carbocycles. The van der Waals surface area contributed by atoms with E-state index in [4.69, 9.17) is 14.2 Å². The molecule has 0 unspecified atom stereocenters. The number of aliphatic hydroxyl groups excluding tert-OH is 1. The maximum absolute atomic E-state index is 14.7. The first kappa shape index (κ1) is 42.0. The molecule has 6 bridgehead atoms. The van der Waals surface area contributed by atoms with Crippen molar-refractivity contribution in [2.75, 3.05) is 42.0 Å². The number of carbonyl (C=O) groups is 6. The molecule has 16 heteroatoms. The van der Waals surface area contributed by atoms with Crippen LogP contribution in [-0.2, 0) is 48.0 Å². The molecule has 1 fully saturated rings. The summed E-state index contributed by atoms with van der Waals surface area (Å²) >= 11 is 0. The van der Waals surface area contributed by atoms with Crippen LogP contribution >= 0.6 is 0 Å². The standard InChI is InChI=1S/C41H50N6O10/c1-23-36(49)44-30(22-48)40(53)45(3)31(18-25-8-13-28(55-6)14-9-25)38(51)43-24(2)39(52)47(5)33-19-26-10-15-29(16-11-26)57-35-21-27(12-17-34(35)56-7)20-32(37(50)42-23)46(4)41(33)54/h8-17,21,23-24,30-33,48H,18-20,22H2,1-7H3,(H,42,50)(H,43,51)(H,44,49)/t23-,24+,30+,31-,32+,33-/m1/s1. The molecule has 6 rings (SSSR count). The summed E-state index contributed by atoms with van der Waals surface area (Å²) < 4.78 is 16.9. The summed E-state index contributed by atoms with van der Waals surface area (Å²) in [6, 6.07) is 11.4. The zero-order valence-corrected chi connectivity index (χ0v) is 33.1. The van der Waals surface area contributed by atoms with Gasteiger partial charge in [-0.05, 0) is 66.9 Å². The first-order chi connectivity index (χ1) is 27.1. The molecule has 0 spiro atoms. The molecule has 3 aromatic rings. The minimum absolute atomic E-state index is 0.00390. The Balaban J connectivity index is 1.59. The van der Waals surface area contributed by atoms with Gasteiger partial charge in [0.25, 0.3) is 0 Å². The first-order valence-electron chi connectivity index (χ1n) is 18.5. The van der Waals surface area contributed by atoms with Crippen LogP contribution in [0.3, 0.4) is 0 Å². The number of carbonyl (C=O) groups excluding carboxylic acids is 6. The number of fused-ring (bicyclic) bond motifs is 2. The molecule has 3 aliphatic heterocycles. The maximum Gasteiger partial charge on any atom is 0.247 e. The monoisotopic (exact) mass is 786 g/mol. The van der Waals surface area contributed by atoms with Crippen molar-refractivity contribution in [3.8, 4) is 23.0 Å². The third kappa shape index (κ3) is 9.63. The number of hydrogen-bond donors (Lipinski definition) is 4. The molecule has 1 saturated heterocycles. The molecule has 6 amide bonds. The van der Waals surface area contributed by atoms with Gasteiger partial charge in [0.15, 0.2) is 11.5 Å². The molecule has 4 N–H and O–H groups in total. The van der Waals surface area contributed by atoms with E-state index in [0.29, 0.717) is 39.7 Å². The molecule has 3 aliphatic rings. The topological polar surface area (TPSA) is 196 Å². The maximum atomic E-state index is 14.7. The van der Waals surface area contributed by atoms with Crippen LogP contribution in [0.25, 0.3) is 0 Å². The van der Waals surface area contributed by atoms with Gasteiger partial charge in [0, 0.05) is 40.4 Å². The van der Waals surface area contributed by atoms with Gasteiger partial charge >= 0.3 is 0 Å². The molecule has 6 atom stereocenters. The third-order valence-corrected chi connectivity index (χ3v) is 10.4. The zero-order valence-electron chi connectivity index (χ0n) is 33.1. The lowest BCUT2D eigenvalue weighted by molar-refractivity contribution is -0.149. The Bertz CT molecular complexity index is 1970. The Hall–Kier alpha value is -6.16. The van der Waals surface area contributed by atoms with E-state index in [1.165, 1.54) is 59.0 Å². The Morgan fingerprint density at radius 2 is 1.28 bits per heavy atom. The molecule has 57 heavy (non-hydrogen) atoms. The number of nitrogens with one attached hydrogen (secondary N) is 3. The summed E-state index contributed by atoms with van der Waals surface area (Å²) in [4.78, 5) is 88.2. The second-order valence-electron chi connectivity index (χ2n) is 14.3. The van der Waals surface area contributed by atoms with E-state index in [0.717, 1.165) is 4.90 Å². The first-order valence-corrected chi connectivity index (χ1v) is 18.5. The second-order valence-corrected chi connectivity index (χ2v) is 14.3. The fourth-order valence-corrected chi connectivity index (χ4v) is 6.86. The molecule has 3 heterocycles. The summed E-state index contributed by atoms with van der Waals surface area (Å²) in [7, 11) is 7.27. The van der Waals surface area contributed by atoms with Crippen molar-refractivity contribution >= 4 is 35.4 Å². The number of benzene rings is 3. The number of ether oxygens (including phenoxy) is 3. The van der Waals surface area contributed by atoms with Crippen molar-refractivity contribution in [1.82, 2.24) is 30.7 Å². The number of methoxy groups -OCH3 is 2. The summed E-state index contributed by atoms with van der Waals surface area (Å²) in [5.74, 6) is -2.28. The number of likely N-dealkylation sites (N-methyl/N-ethyl adjacent to an activating group) is 3. The molecule has 0 saturated carbocycles. The van der Waals surface area contributed by atoms with Crippen LogP contribution in [0.2, 0.25) is 0 Å². The number of rotatable bonds is 5. The largest absolute Gasteiger partial charge is 0.497 e. The van der Waals surface area contributed by atoms with E-state index in [2.05, 4.69) is 16.0 Å². The van der Waals surface area contributed by atoms with Gasteiger partial charge in [-0.2, -0.15) is 0 Å². The van der Waals surface area contributed by atoms with Crippen molar-refractivity contribution in [3.63, 3.8) is 0 Å². The van der Waals surface area contributed by atoms with E-state index < -0.39 is 78.3 Å². The fourth-order valence-electron chi connectivity index (χ4n) is 6.86. The highest BCUT2D eigenvalue weighted by molar-refractivity contribution is 5.98. The van der Waals surface area contributed by atoms with E-state index in [1.54, 1.807) is 66.7 Å². The van der Waals surface area contributed by atoms with Gasteiger partial charge in [-0.15, -0.1) is 0 Å². The van der Waals surface area contributed by atoms with Gasteiger partial charge in [0.1, 0.15) is 47.8 Å². The molecule has 0 radical (unpaired) electrons. The van der Waals surface area contributed by atoms with Crippen molar-refractivity contribution in [1.29, 1.82) is 0 Å². The van der Waals surface area contributed by atoms with Crippen LogP contribution < -0.4 is 30.2 Å². The highest BCUT2D eigenvalue weighted by atomic mass is 16.5. The van der Waals surface area contributed by atoms with Gasteiger partial charge in [-0.3, -0.25) is 28.8 Å². The highest BCUT2D eigenvalue weighted by Gasteiger charge is 2.39. The molecule has 0 aromatic heterocycles. The normalized spacial score (nSPS) is 24.1. The van der Waals surface area contributed by atoms with Gasteiger partial charge < -0.3 is 50.0 Å². The third-order valence-electron chi connectivity index (χ3n) is 10.4. The van der Waals surface area contributed by atoms with Crippen LogP contribution in [0.4, 0.5) is 0 Å². The van der Waals surface area contributed by atoms with Crippen LogP contribution in [-0.4, -0.2) is 133 Å². The lowest BCUT2D eigenvalue weighted by atomic mass is 9.98. The minimum atomic E-state index is -1.50. The van der Waals surface area contributed by atoms with Gasteiger partial charge in [0.05, 0.1) is 20.8 Å². The van der Waals surface area contributed by atoms with Crippen molar-refractivity contribution in [2.45, 2.75) is 69.4 Å². The van der Waals surface area contributed by atoms with Crippen LogP contribution in [0.15, 0.2) is 66.7 Å².